The third-order valence-corrected chi connectivity index (χ3v) is 6.54. The molecule has 27 heavy (non-hydrogen) atoms. The number of carbonyl (C=O) groups is 3. The molecule has 1 atom stereocenters. The maximum absolute atomic E-state index is 12.6. The Morgan fingerprint density at radius 2 is 1.63 bits per heavy atom. The molecule has 0 aliphatic carbocycles. The quantitative estimate of drug-likeness (QED) is 0.407. The van der Waals surface area contributed by atoms with Crippen molar-refractivity contribution >= 4 is 75.5 Å². The molecule has 2 aromatic rings. The Balaban J connectivity index is 1.81. The Labute approximate surface area is 178 Å². The van der Waals surface area contributed by atoms with Crippen LogP contribution in [0.2, 0.25) is 20.1 Å². The summed E-state index contributed by atoms with van der Waals surface area (Å²) in [5.41, 5.74) is 0.381. The van der Waals surface area contributed by atoms with Crippen LogP contribution in [0.4, 0.5) is 0 Å². The van der Waals surface area contributed by atoms with Gasteiger partial charge in [0.25, 0.3) is 11.8 Å². The second-order valence-electron chi connectivity index (χ2n) is 5.78. The van der Waals surface area contributed by atoms with Crippen molar-refractivity contribution < 1.29 is 14.4 Å². The van der Waals surface area contributed by atoms with Crippen LogP contribution in [0.25, 0.3) is 0 Å². The van der Waals surface area contributed by atoms with E-state index in [4.69, 9.17) is 46.4 Å². The molecule has 0 fully saturated rings. The Bertz CT molecular complexity index is 945. The zero-order valence-electron chi connectivity index (χ0n) is 13.9. The van der Waals surface area contributed by atoms with Gasteiger partial charge in [-0.2, -0.15) is 0 Å². The fourth-order valence-corrected chi connectivity index (χ4v) is 4.34. The first-order chi connectivity index (χ1) is 12.6. The summed E-state index contributed by atoms with van der Waals surface area (Å²) >= 11 is 25.5. The van der Waals surface area contributed by atoms with Crippen LogP contribution in [0.5, 0.6) is 0 Å². The number of thiazole rings is 1. The number of halogens is 4. The number of nitrogens with one attached hydrogen (secondary N) is 1. The number of aryl methyl sites for hydroxylation is 1. The topological polar surface area (TPSA) is 79.4 Å². The van der Waals surface area contributed by atoms with Crippen LogP contribution in [-0.4, -0.2) is 34.2 Å². The molecule has 142 valence electrons. The van der Waals surface area contributed by atoms with Crippen molar-refractivity contribution in [3.8, 4) is 0 Å². The van der Waals surface area contributed by atoms with Gasteiger partial charge >= 0.3 is 0 Å². The van der Waals surface area contributed by atoms with E-state index in [1.807, 2.05) is 12.3 Å². The van der Waals surface area contributed by atoms with Crippen LogP contribution in [-0.2, 0) is 4.79 Å². The van der Waals surface area contributed by atoms with Gasteiger partial charge in [0.2, 0.25) is 5.91 Å². The first-order valence-electron chi connectivity index (χ1n) is 7.57. The smallest absolute Gasteiger partial charge is 0.263 e. The highest BCUT2D eigenvalue weighted by atomic mass is 35.5. The van der Waals surface area contributed by atoms with Crippen LogP contribution in [0.15, 0.2) is 5.38 Å². The first kappa shape index (κ1) is 20.4. The molecule has 1 aromatic carbocycles. The number of nitrogens with zero attached hydrogens (tertiary/aromatic N) is 2. The van der Waals surface area contributed by atoms with Crippen molar-refractivity contribution in [1.29, 1.82) is 0 Å². The number of hydrogen-bond donors (Lipinski definition) is 1. The van der Waals surface area contributed by atoms with Gasteiger partial charge in [-0.05, 0) is 13.8 Å². The van der Waals surface area contributed by atoms with Gasteiger partial charge in [0, 0.05) is 5.38 Å². The average molecular weight is 467 g/mol. The average Bonchev–Trinajstić information content (AvgIpc) is 3.15. The largest absolute Gasteiger partial charge is 0.346 e. The normalized spacial score (nSPS) is 14.5. The number of aromatic nitrogens is 1. The highest BCUT2D eigenvalue weighted by molar-refractivity contribution is 7.09. The predicted octanol–water partition coefficient (Wildman–Crippen LogP) is 4.54. The number of fused-ring (bicyclic) bond motifs is 1. The van der Waals surface area contributed by atoms with Crippen LogP contribution >= 0.6 is 57.7 Å². The third-order valence-electron chi connectivity index (χ3n) is 3.94. The minimum atomic E-state index is -0.757. The van der Waals surface area contributed by atoms with E-state index in [0.29, 0.717) is 5.69 Å². The molecular weight excluding hydrogens is 456 g/mol. The Kier molecular flexibility index (Phi) is 5.70. The van der Waals surface area contributed by atoms with Crippen molar-refractivity contribution in [3.63, 3.8) is 0 Å². The number of benzene rings is 1. The Morgan fingerprint density at radius 1 is 1.11 bits per heavy atom. The molecule has 1 aromatic heterocycles. The molecule has 3 rings (SSSR count). The number of amides is 3. The molecular formula is C16H11Cl4N3O3S. The maximum Gasteiger partial charge on any atom is 0.263 e. The van der Waals surface area contributed by atoms with Crippen LogP contribution in [0.1, 0.15) is 44.4 Å². The van der Waals surface area contributed by atoms with E-state index in [-0.39, 0.29) is 37.3 Å². The van der Waals surface area contributed by atoms with Gasteiger partial charge in [-0.3, -0.25) is 19.3 Å². The summed E-state index contributed by atoms with van der Waals surface area (Å²) in [5, 5.41) is 4.80. The summed E-state index contributed by atoms with van der Waals surface area (Å²) in [6.07, 6.45) is 0. The number of hydrogen-bond acceptors (Lipinski definition) is 5. The molecule has 0 spiro atoms. The minimum Gasteiger partial charge on any atom is -0.346 e. The van der Waals surface area contributed by atoms with E-state index < -0.39 is 24.3 Å². The zero-order chi connectivity index (χ0) is 20.0. The van der Waals surface area contributed by atoms with Crippen molar-refractivity contribution in [1.82, 2.24) is 15.2 Å². The molecule has 11 heteroatoms. The van der Waals surface area contributed by atoms with Crippen molar-refractivity contribution in [2.75, 3.05) is 6.54 Å². The lowest BCUT2D eigenvalue weighted by molar-refractivity contribution is -0.122. The lowest BCUT2D eigenvalue weighted by Gasteiger charge is -2.16. The summed E-state index contributed by atoms with van der Waals surface area (Å²) in [6, 6.07) is -0.381. The SMILES string of the molecule is Cc1nc(C(C)NC(=O)CN2C(=O)c3c(Cl)c(Cl)c(Cl)c(Cl)c3C2=O)cs1. The predicted molar refractivity (Wildman–Crippen MR) is 105 cm³/mol. The molecule has 1 aliphatic heterocycles. The van der Waals surface area contributed by atoms with Crippen molar-refractivity contribution in [2.24, 2.45) is 0 Å². The van der Waals surface area contributed by atoms with Crippen molar-refractivity contribution in [2.45, 2.75) is 19.9 Å². The monoisotopic (exact) mass is 465 g/mol. The summed E-state index contributed by atoms with van der Waals surface area (Å²) in [7, 11) is 0. The molecule has 0 saturated heterocycles. The number of imide groups is 1. The van der Waals surface area contributed by atoms with Gasteiger partial charge in [-0.25, -0.2) is 4.98 Å². The van der Waals surface area contributed by atoms with Crippen LogP contribution < -0.4 is 5.32 Å². The van der Waals surface area contributed by atoms with E-state index >= 15 is 0 Å². The first-order valence-corrected chi connectivity index (χ1v) is 9.96. The molecule has 1 N–H and O–H groups in total. The Hall–Kier alpha value is -1.38. The van der Waals surface area contributed by atoms with E-state index in [1.165, 1.54) is 11.3 Å². The molecule has 6 nitrogen and oxygen atoms in total. The number of rotatable bonds is 4. The van der Waals surface area contributed by atoms with Gasteiger partial charge in [0.1, 0.15) is 6.54 Å². The summed E-state index contributed by atoms with van der Waals surface area (Å²) in [6.45, 7) is 3.11. The Morgan fingerprint density at radius 3 is 2.07 bits per heavy atom. The van der Waals surface area contributed by atoms with Gasteiger partial charge in [-0.1, -0.05) is 46.4 Å². The summed E-state index contributed by atoms with van der Waals surface area (Å²) in [5.74, 6) is -2.05. The van der Waals surface area contributed by atoms with E-state index in [2.05, 4.69) is 10.3 Å². The fraction of sp³-hybridized carbons (Fsp3) is 0.250. The molecule has 2 heterocycles. The molecule has 3 amide bonds. The van der Waals surface area contributed by atoms with E-state index in [0.717, 1.165) is 9.91 Å². The number of carbonyl (C=O) groups excluding carboxylic acids is 3. The second-order valence-corrected chi connectivity index (χ2v) is 8.36. The lowest BCUT2D eigenvalue weighted by Crippen LogP contribution is -2.41. The fourth-order valence-electron chi connectivity index (χ4n) is 2.62. The van der Waals surface area contributed by atoms with Gasteiger partial charge in [0.15, 0.2) is 0 Å². The van der Waals surface area contributed by atoms with E-state index in [9.17, 15) is 14.4 Å². The maximum atomic E-state index is 12.6. The van der Waals surface area contributed by atoms with E-state index in [1.54, 1.807) is 6.92 Å². The highest BCUT2D eigenvalue weighted by Crippen LogP contribution is 2.44. The zero-order valence-corrected chi connectivity index (χ0v) is 17.7. The van der Waals surface area contributed by atoms with Gasteiger partial charge in [0.05, 0.1) is 48.0 Å². The van der Waals surface area contributed by atoms with Gasteiger partial charge in [-0.15, -0.1) is 11.3 Å². The van der Waals surface area contributed by atoms with Crippen LogP contribution in [0, 0.1) is 6.92 Å². The molecule has 1 unspecified atom stereocenters. The third kappa shape index (κ3) is 3.54. The van der Waals surface area contributed by atoms with Crippen LogP contribution in [0.3, 0.4) is 0 Å². The highest BCUT2D eigenvalue weighted by Gasteiger charge is 2.42. The summed E-state index contributed by atoms with van der Waals surface area (Å²) in [4.78, 5) is 42.6. The standard InChI is InChI=1S/C16H11Cl4N3O3S/c1-5(7-4-27-6(2)22-7)21-8(24)3-23-15(25)9-10(16(23)26)12(18)14(20)13(19)11(9)17/h4-5H,3H2,1-2H3,(H,21,24). The van der Waals surface area contributed by atoms with Crippen molar-refractivity contribution in [3.05, 3.63) is 47.3 Å². The molecule has 0 saturated carbocycles. The summed E-state index contributed by atoms with van der Waals surface area (Å²) < 4.78 is 0. The molecule has 0 radical (unpaired) electrons. The minimum absolute atomic E-state index is 0.123. The van der Waals surface area contributed by atoms with Gasteiger partial charge < -0.3 is 5.32 Å². The molecule has 1 aliphatic rings. The lowest BCUT2D eigenvalue weighted by atomic mass is 10.1. The molecule has 0 bridgehead atoms. The second kappa shape index (κ2) is 7.56.